The molecule has 1 fully saturated rings. The average molecular weight is 307 g/mol. The Bertz CT molecular complexity index is 505. The van der Waals surface area contributed by atoms with Crippen molar-refractivity contribution in [1.29, 1.82) is 0 Å². The van der Waals surface area contributed by atoms with Crippen molar-refractivity contribution in [2.24, 2.45) is 0 Å². The van der Waals surface area contributed by atoms with Crippen LogP contribution in [-0.2, 0) is 4.79 Å². The Morgan fingerprint density at radius 3 is 2.41 bits per heavy atom. The highest BCUT2D eigenvalue weighted by Gasteiger charge is 2.20. The summed E-state index contributed by atoms with van der Waals surface area (Å²) in [5.74, 6) is -0.0791. The first-order valence-corrected chi connectivity index (χ1v) is 7.88. The number of amides is 1. The van der Waals surface area contributed by atoms with Gasteiger partial charge in [-0.1, -0.05) is 12.1 Å². The van der Waals surface area contributed by atoms with Crippen LogP contribution >= 0.6 is 0 Å². The van der Waals surface area contributed by atoms with Crippen molar-refractivity contribution in [2.45, 2.75) is 32.7 Å². The lowest BCUT2D eigenvalue weighted by atomic mass is 10.1. The van der Waals surface area contributed by atoms with E-state index in [4.69, 9.17) is 0 Å². The van der Waals surface area contributed by atoms with E-state index < -0.39 is 0 Å². The van der Waals surface area contributed by atoms with Gasteiger partial charge in [-0.2, -0.15) is 0 Å². The average Bonchev–Trinajstić information content (AvgIpc) is 2.45. The lowest BCUT2D eigenvalue weighted by Crippen LogP contribution is -2.48. The highest BCUT2D eigenvalue weighted by atomic mass is 19.1. The Labute approximate surface area is 132 Å². The molecule has 1 N–H and O–H groups in total. The molecule has 0 aliphatic carbocycles. The van der Waals surface area contributed by atoms with Crippen LogP contribution in [0.1, 0.15) is 27.2 Å². The first-order chi connectivity index (χ1) is 10.3. The fourth-order valence-electron chi connectivity index (χ4n) is 2.66. The van der Waals surface area contributed by atoms with Crippen LogP contribution < -0.4 is 10.2 Å². The molecule has 0 aromatic heterocycles. The Morgan fingerprint density at radius 2 is 1.82 bits per heavy atom. The topological polar surface area (TPSA) is 35.6 Å². The van der Waals surface area contributed by atoms with E-state index in [-0.39, 0.29) is 17.3 Å². The van der Waals surface area contributed by atoms with Crippen molar-refractivity contribution < 1.29 is 9.18 Å². The molecule has 0 unspecified atom stereocenters. The fourth-order valence-corrected chi connectivity index (χ4v) is 2.66. The largest absolute Gasteiger partial charge is 0.367 e. The minimum Gasteiger partial charge on any atom is -0.367 e. The summed E-state index contributed by atoms with van der Waals surface area (Å²) in [6.45, 7) is 10.0. The molecule has 5 heteroatoms. The molecule has 1 aliphatic heterocycles. The van der Waals surface area contributed by atoms with Gasteiger partial charge in [-0.05, 0) is 32.9 Å². The first-order valence-electron chi connectivity index (χ1n) is 7.88. The molecular weight excluding hydrogens is 281 g/mol. The zero-order valence-electron chi connectivity index (χ0n) is 13.7. The second kappa shape index (κ2) is 7.09. The molecule has 0 atom stereocenters. The van der Waals surface area contributed by atoms with Crippen LogP contribution in [0.15, 0.2) is 24.3 Å². The van der Waals surface area contributed by atoms with Gasteiger partial charge in [0.05, 0.1) is 5.69 Å². The first kappa shape index (κ1) is 16.7. The van der Waals surface area contributed by atoms with Gasteiger partial charge in [0.25, 0.3) is 0 Å². The van der Waals surface area contributed by atoms with E-state index in [1.54, 1.807) is 6.07 Å². The van der Waals surface area contributed by atoms with E-state index in [1.165, 1.54) is 6.07 Å². The Kier molecular flexibility index (Phi) is 5.40. The molecule has 1 saturated heterocycles. The second-order valence-corrected chi connectivity index (χ2v) is 6.83. The summed E-state index contributed by atoms with van der Waals surface area (Å²) >= 11 is 0. The van der Waals surface area contributed by atoms with Crippen molar-refractivity contribution in [3.63, 3.8) is 0 Å². The minimum atomic E-state index is -0.180. The zero-order valence-corrected chi connectivity index (χ0v) is 13.7. The van der Waals surface area contributed by atoms with Crippen LogP contribution in [0, 0.1) is 5.82 Å². The number of hydrogen-bond donors (Lipinski definition) is 1. The van der Waals surface area contributed by atoms with E-state index in [2.05, 4.69) is 15.1 Å². The molecule has 4 nitrogen and oxygen atoms in total. The number of benzene rings is 1. The molecule has 0 radical (unpaired) electrons. The SMILES string of the molecule is CC(C)(C)NC(=O)CCN1CCN(c2ccccc2F)CC1. The zero-order chi connectivity index (χ0) is 16.2. The van der Waals surface area contributed by atoms with Crippen LogP contribution in [-0.4, -0.2) is 49.1 Å². The molecule has 22 heavy (non-hydrogen) atoms. The summed E-state index contributed by atoms with van der Waals surface area (Å²) in [6.07, 6.45) is 0.511. The maximum absolute atomic E-state index is 13.8. The predicted octanol–water partition coefficient (Wildman–Crippen LogP) is 2.25. The number of nitrogens with one attached hydrogen (secondary N) is 1. The lowest BCUT2D eigenvalue weighted by molar-refractivity contribution is -0.122. The molecule has 0 bridgehead atoms. The third-order valence-electron chi connectivity index (χ3n) is 3.73. The number of halogens is 1. The molecule has 1 aromatic rings. The number of piperazine rings is 1. The molecular formula is C17H26FN3O. The van der Waals surface area contributed by atoms with Crippen LogP contribution in [0.5, 0.6) is 0 Å². The van der Waals surface area contributed by atoms with E-state index in [0.717, 1.165) is 32.7 Å². The van der Waals surface area contributed by atoms with Crippen LogP contribution in [0.2, 0.25) is 0 Å². The van der Waals surface area contributed by atoms with Crippen LogP contribution in [0.3, 0.4) is 0 Å². The van der Waals surface area contributed by atoms with Gasteiger partial charge in [-0.3, -0.25) is 9.69 Å². The lowest BCUT2D eigenvalue weighted by Gasteiger charge is -2.36. The van der Waals surface area contributed by atoms with E-state index in [1.807, 2.05) is 32.9 Å². The summed E-state index contributed by atoms with van der Waals surface area (Å²) < 4.78 is 13.8. The smallest absolute Gasteiger partial charge is 0.221 e. The number of nitrogens with zero attached hydrogens (tertiary/aromatic N) is 2. The maximum Gasteiger partial charge on any atom is 0.221 e. The van der Waals surface area contributed by atoms with Gasteiger partial charge < -0.3 is 10.2 Å². The molecule has 1 aliphatic rings. The molecule has 1 amide bonds. The third-order valence-corrected chi connectivity index (χ3v) is 3.73. The standard InChI is InChI=1S/C17H26FN3O/c1-17(2,3)19-16(22)8-9-20-10-12-21(13-11-20)15-7-5-4-6-14(15)18/h4-7H,8-13H2,1-3H3,(H,19,22). The predicted molar refractivity (Wildman–Crippen MR) is 87.6 cm³/mol. The van der Waals surface area contributed by atoms with E-state index in [9.17, 15) is 9.18 Å². The number of anilines is 1. The fraction of sp³-hybridized carbons (Fsp3) is 0.588. The molecule has 0 spiro atoms. The highest BCUT2D eigenvalue weighted by molar-refractivity contribution is 5.76. The highest BCUT2D eigenvalue weighted by Crippen LogP contribution is 2.20. The number of hydrogen-bond acceptors (Lipinski definition) is 3. The number of carbonyl (C=O) groups excluding carboxylic acids is 1. The monoisotopic (exact) mass is 307 g/mol. The quantitative estimate of drug-likeness (QED) is 0.927. The van der Waals surface area contributed by atoms with Crippen molar-refractivity contribution in [2.75, 3.05) is 37.6 Å². The van der Waals surface area contributed by atoms with Gasteiger partial charge >= 0.3 is 0 Å². The molecule has 1 aromatic carbocycles. The minimum absolute atomic E-state index is 0.0871. The molecule has 1 heterocycles. The molecule has 2 rings (SSSR count). The maximum atomic E-state index is 13.8. The van der Waals surface area contributed by atoms with Gasteiger partial charge in [-0.15, -0.1) is 0 Å². The van der Waals surface area contributed by atoms with Gasteiger partial charge in [0, 0.05) is 44.7 Å². The van der Waals surface area contributed by atoms with Gasteiger partial charge in [0.15, 0.2) is 0 Å². The normalized spacial score (nSPS) is 16.6. The Hall–Kier alpha value is -1.62. The van der Waals surface area contributed by atoms with Crippen molar-refractivity contribution in [1.82, 2.24) is 10.2 Å². The third kappa shape index (κ3) is 4.98. The van der Waals surface area contributed by atoms with Gasteiger partial charge in [-0.25, -0.2) is 4.39 Å². The van der Waals surface area contributed by atoms with Crippen LogP contribution in [0.4, 0.5) is 10.1 Å². The summed E-state index contributed by atoms with van der Waals surface area (Å²) in [4.78, 5) is 16.2. The van der Waals surface area contributed by atoms with Crippen molar-refractivity contribution in [3.8, 4) is 0 Å². The molecule has 0 saturated carbocycles. The summed E-state index contributed by atoms with van der Waals surface area (Å²) in [5.41, 5.74) is 0.494. The van der Waals surface area contributed by atoms with Crippen molar-refractivity contribution >= 4 is 11.6 Å². The summed E-state index contributed by atoms with van der Waals surface area (Å²) in [6, 6.07) is 6.89. The van der Waals surface area contributed by atoms with E-state index in [0.29, 0.717) is 12.1 Å². The Morgan fingerprint density at radius 1 is 1.18 bits per heavy atom. The number of para-hydroxylation sites is 1. The van der Waals surface area contributed by atoms with Crippen LogP contribution in [0.25, 0.3) is 0 Å². The number of carbonyl (C=O) groups is 1. The van der Waals surface area contributed by atoms with E-state index >= 15 is 0 Å². The van der Waals surface area contributed by atoms with Gasteiger partial charge in [0.2, 0.25) is 5.91 Å². The Balaban J connectivity index is 1.76. The summed E-state index contributed by atoms with van der Waals surface area (Å²) in [5, 5.41) is 2.98. The second-order valence-electron chi connectivity index (χ2n) is 6.83. The summed E-state index contributed by atoms with van der Waals surface area (Å²) in [7, 11) is 0. The van der Waals surface area contributed by atoms with Crippen molar-refractivity contribution in [3.05, 3.63) is 30.1 Å². The van der Waals surface area contributed by atoms with Gasteiger partial charge in [0.1, 0.15) is 5.82 Å². The number of rotatable bonds is 4. The molecule has 122 valence electrons.